The van der Waals surface area contributed by atoms with E-state index in [4.69, 9.17) is 9.47 Å². The van der Waals surface area contributed by atoms with E-state index in [1.54, 1.807) is 24.3 Å². The topological polar surface area (TPSA) is 81.7 Å². The molecule has 0 bridgehead atoms. The first-order valence-electron chi connectivity index (χ1n) is 6.62. The van der Waals surface area contributed by atoms with Crippen LogP contribution in [0.25, 0.3) is 0 Å². The van der Waals surface area contributed by atoms with Gasteiger partial charge in [0, 0.05) is 0 Å². The van der Waals surface area contributed by atoms with Crippen LogP contribution in [0.15, 0.2) is 24.3 Å². The van der Waals surface area contributed by atoms with Crippen LogP contribution in [0.5, 0.6) is 5.75 Å². The summed E-state index contributed by atoms with van der Waals surface area (Å²) in [5, 5.41) is 3.04. The van der Waals surface area contributed by atoms with Crippen LogP contribution >= 0.6 is 0 Å². The van der Waals surface area contributed by atoms with Gasteiger partial charge in [0.05, 0.1) is 31.4 Å². The first kappa shape index (κ1) is 15.6. The van der Waals surface area contributed by atoms with E-state index < -0.39 is 21.3 Å². The molecular weight excluding hydrogens is 294 g/mol. The molecule has 0 saturated carbocycles. The van der Waals surface area contributed by atoms with Gasteiger partial charge < -0.3 is 14.8 Å². The van der Waals surface area contributed by atoms with E-state index >= 15 is 0 Å². The monoisotopic (exact) mass is 313 g/mol. The number of hydrogen-bond acceptors (Lipinski definition) is 6. The lowest BCUT2D eigenvalue weighted by atomic mass is 9.94. The molecule has 1 saturated heterocycles. The molecule has 1 aromatic rings. The summed E-state index contributed by atoms with van der Waals surface area (Å²) in [5.74, 6) is -0.204. The van der Waals surface area contributed by atoms with Crippen LogP contribution in [0.2, 0.25) is 0 Å². The summed E-state index contributed by atoms with van der Waals surface area (Å²) in [6.07, 6.45) is 0.816. The van der Waals surface area contributed by atoms with Crippen molar-refractivity contribution in [3.05, 3.63) is 24.3 Å². The van der Waals surface area contributed by atoms with Crippen LogP contribution in [-0.4, -0.2) is 45.7 Å². The number of carbonyl (C=O) groups excluding carboxylic acids is 1. The average molecular weight is 313 g/mol. The summed E-state index contributed by atoms with van der Waals surface area (Å²) in [6.45, 7) is 0. The fourth-order valence-corrected chi connectivity index (χ4v) is 4.44. The largest absolute Gasteiger partial charge is 0.495 e. The SMILES string of the molecule is COC(=O)C1(Nc2ccccc2OC)CCCS(=O)(=O)C1. The summed E-state index contributed by atoms with van der Waals surface area (Å²) in [5.41, 5.74) is -0.692. The lowest BCUT2D eigenvalue weighted by Gasteiger charge is -2.36. The van der Waals surface area contributed by atoms with Crippen molar-refractivity contribution >= 4 is 21.5 Å². The molecule has 1 aliphatic heterocycles. The number of sulfone groups is 1. The number of esters is 1. The summed E-state index contributed by atoms with van der Waals surface area (Å²) in [6, 6.07) is 7.06. The molecule has 0 amide bonds. The van der Waals surface area contributed by atoms with Crippen molar-refractivity contribution in [2.24, 2.45) is 0 Å². The third-order valence-corrected chi connectivity index (χ3v) is 5.43. The van der Waals surface area contributed by atoms with Crippen LogP contribution in [0.3, 0.4) is 0 Å². The van der Waals surface area contributed by atoms with E-state index in [2.05, 4.69) is 5.32 Å². The minimum atomic E-state index is -3.29. The lowest BCUT2D eigenvalue weighted by Crippen LogP contribution is -2.55. The first-order chi connectivity index (χ1) is 9.92. The predicted octanol–water partition coefficient (Wildman–Crippen LogP) is 1.23. The Morgan fingerprint density at radius 3 is 2.62 bits per heavy atom. The number of hydrogen-bond donors (Lipinski definition) is 1. The molecule has 2 rings (SSSR count). The minimum Gasteiger partial charge on any atom is -0.495 e. The molecule has 1 atom stereocenters. The molecule has 0 aliphatic carbocycles. The molecule has 0 spiro atoms. The zero-order chi connectivity index (χ0) is 15.5. The van der Waals surface area contributed by atoms with Crippen molar-refractivity contribution < 1.29 is 22.7 Å². The van der Waals surface area contributed by atoms with Crippen LogP contribution in [0, 0.1) is 0 Å². The Morgan fingerprint density at radius 2 is 2.00 bits per heavy atom. The fourth-order valence-electron chi connectivity index (χ4n) is 2.63. The van der Waals surface area contributed by atoms with Gasteiger partial charge in [-0.15, -0.1) is 0 Å². The molecule has 21 heavy (non-hydrogen) atoms. The molecule has 1 N–H and O–H groups in total. The molecule has 1 heterocycles. The van der Waals surface area contributed by atoms with Crippen molar-refractivity contribution in [2.75, 3.05) is 31.0 Å². The molecule has 116 valence electrons. The predicted molar refractivity (Wildman–Crippen MR) is 79.3 cm³/mol. The maximum atomic E-state index is 12.2. The maximum absolute atomic E-state index is 12.2. The second-order valence-corrected chi connectivity index (χ2v) is 7.28. The molecule has 0 aromatic heterocycles. The quantitative estimate of drug-likeness (QED) is 0.842. The summed E-state index contributed by atoms with van der Waals surface area (Å²) >= 11 is 0. The Labute approximate surface area is 124 Å². The number of ether oxygens (including phenoxy) is 2. The zero-order valence-corrected chi connectivity index (χ0v) is 12.9. The molecule has 6 nitrogen and oxygen atoms in total. The fraction of sp³-hybridized carbons (Fsp3) is 0.500. The zero-order valence-electron chi connectivity index (χ0n) is 12.1. The number of benzene rings is 1. The van der Waals surface area contributed by atoms with E-state index in [1.807, 2.05) is 0 Å². The van der Waals surface area contributed by atoms with E-state index in [1.165, 1.54) is 14.2 Å². The highest BCUT2D eigenvalue weighted by molar-refractivity contribution is 7.91. The Balaban J connectivity index is 2.40. The Morgan fingerprint density at radius 1 is 1.29 bits per heavy atom. The van der Waals surface area contributed by atoms with Gasteiger partial charge in [0.15, 0.2) is 9.84 Å². The van der Waals surface area contributed by atoms with Gasteiger partial charge in [-0.1, -0.05) is 12.1 Å². The Hall–Kier alpha value is -1.76. The van der Waals surface area contributed by atoms with Gasteiger partial charge in [0.2, 0.25) is 0 Å². The third-order valence-electron chi connectivity index (χ3n) is 3.58. The normalized spacial score (nSPS) is 24.1. The molecule has 1 fully saturated rings. The highest BCUT2D eigenvalue weighted by Crippen LogP contribution is 2.32. The number of nitrogens with one attached hydrogen (secondary N) is 1. The van der Waals surface area contributed by atoms with E-state index in [0.29, 0.717) is 24.3 Å². The maximum Gasteiger partial charge on any atom is 0.332 e. The van der Waals surface area contributed by atoms with Crippen molar-refractivity contribution in [2.45, 2.75) is 18.4 Å². The van der Waals surface area contributed by atoms with Crippen molar-refractivity contribution in [3.63, 3.8) is 0 Å². The second-order valence-electron chi connectivity index (χ2n) is 5.09. The molecule has 0 radical (unpaired) electrons. The van der Waals surface area contributed by atoms with E-state index in [-0.39, 0.29) is 11.5 Å². The van der Waals surface area contributed by atoms with E-state index in [9.17, 15) is 13.2 Å². The molecule has 1 aliphatic rings. The molecule has 1 unspecified atom stereocenters. The highest BCUT2D eigenvalue weighted by Gasteiger charge is 2.46. The van der Waals surface area contributed by atoms with Crippen LogP contribution in [0.1, 0.15) is 12.8 Å². The minimum absolute atomic E-state index is 0.0966. The number of rotatable bonds is 4. The molecule has 1 aromatic carbocycles. The Kier molecular flexibility index (Phi) is 4.41. The summed E-state index contributed by atoms with van der Waals surface area (Å²) < 4.78 is 34.0. The first-order valence-corrected chi connectivity index (χ1v) is 8.45. The van der Waals surface area contributed by atoms with Gasteiger partial charge in [-0.05, 0) is 25.0 Å². The van der Waals surface area contributed by atoms with E-state index in [0.717, 1.165) is 0 Å². The second kappa shape index (κ2) is 5.93. The number of para-hydroxylation sites is 2. The molecule has 7 heteroatoms. The summed E-state index contributed by atoms with van der Waals surface area (Å²) in [4.78, 5) is 12.2. The van der Waals surface area contributed by atoms with Gasteiger partial charge in [0.1, 0.15) is 11.3 Å². The standard InChI is InChI=1S/C14H19NO5S/c1-19-12-7-4-3-6-11(12)15-14(13(16)20-2)8-5-9-21(17,18)10-14/h3-4,6-7,15H,5,8-10H2,1-2H3. The Bertz CT molecular complexity index is 628. The molecular formula is C14H19NO5S. The number of methoxy groups -OCH3 is 2. The number of carbonyl (C=O) groups is 1. The average Bonchev–Trinajstić information content (AvgIpc) is 2.45. The van der Waals surface area contributed by atoms with Gasteiger partial charge in [-0.25, -0.2) is 13.2 Å². The van der Waals surface area contributed by atoms with Crippen LogP contribution < -0.4 is 10.1 Å². The number of anilines is 1. The van der Waals surface area contributed by atoms with Crippen LogP contribution in [-0.2, 0) is 19.4 Å². The lowest BCUT2D eigenvalue weighted by molar-refractivity contribution is -0.145. The van der Waals surface area contributed by atoms with Gasteiger partial charge in [0.25, 0.3) is 0 Å². The van der Waals surface area contributed by atoms with Gasteiger partial charge >= 0.3 is 5.97 Å². The van der Waals surface area contributed by atoms with Gasteiger partial charge in [-0.2, -0.15) is 0 Å². The van der Waals surface area contributed by atoms with Crippen molar-refractivity contribution in [3.8, 4) is 5.75 Å². The smallest absolute Gasteiger partial charge is 0.332 e. The third kappa shape index (κ3) is 3.29. The highest BCUT2D eigenvalue weighted by atomic mass is 32.2. The van der Waals surface area contributed by atoms with Crippen LogP contribution in [0.4, 0.5) is 5.69 Å². The van der Waals surface area contributed by atoms with Crippen molar-refractivity contribution in [1.82, 2.24) is 0 Å². The summed E-state index contributed by atoms with van der Waals surface area (Å²) in [7, 11) is -0.513. The van der Waals surface area contributed by atoms with Crippen molar-refractivity contribution in [1.29, 1.82) is 0 Å². The van der Waals surface area contributed by atoms with Gasteiger partial charge in [-0.3, -0.25) is 0 Å².